The summed E-state index contributed by atoms with van der Waals surface area (Å²) in [6, 6.07) is 13.4. The highest BCUT2D eigenvalue weighted by Crippen LogP contribution is 2.30. The lowest BCUT2D eigenvalue weighted by molar-refractivity contribution is -0.137. The van der Waals surface area contributed by atoms with Gasteiger partial charge < -0.3 is 10.4 Å². The molecule has 2 aromatic carbocycles. The summed E-state index contributed by atoms with van der Waals surface area (Å²) in [5.74, 6) is -0.507. The lowest BCUT2D eigenvalue weighted by atomic mass is 10.1. The largest absolute Gasteiger partial charge is 0.416 e. The lowest BCUT2D eigenvalue weighted by Gasteiger charge is -2.15. The van der Waals surface area contributed by atoms with Gasteiger partial charge in [-0.05, 0) is 29.1 Å². The zero-order chi connectivity index (χ0) is 18.7. The van der Waals surface area contributed by atoms with Crippen molar-refractivity contribution in [1.29, 1.82) is 0 Å². The van der Waals surface area contributed by atoms with Gasteiger partial charge in [0.05, 0.1) is 11.7 Å². The molecule has 0 aliphatic rings. The van der Waals surface area contributed by atoms with Crippen LogP contribution in [0.1, 0.15) is 27.7 Å². The number of hydrogen-bond acceptors (Lipinski definition) is 3. The summed E-state index contributed by atoms with van der Waals surface area (Å²) in [5, 5.41) is 14.1. The van der Waals surface area contributed by atoms with Gasteiger partial charge in [0, 0.05) is 18.1 Å². The quantitative estimate of drug-likeness (QED) is 0.745. The number of nitrogens with zero attached hydrogens (tertiary/aromatic N) is 1. The van der Waals surface area contributed by atoms with Gasteiger partial charge in [0.15, 0.2) is 0 Å². The van der Waals surface area contributed by atoms with Crippen molar-refractivity contribution in [1.82, 2.24) is 10.3 Å². The fourth-order valence-corrected chi connectivity index (χ4v) is 2.61. The first-order chi connectivity index (χ1) is 12.4. The molecule has 1 amide bonds. The number of benzene rings is 2. The highest BCUT2D eigenvalue weighted by atomic mass is 19.4. The first kappa shape index (κ1) is 17.9. The van der Waals surface area contributed by atoms with Gasteiger partial charge in [-0.2, -0.15) is 13.2 Å². The number of carbonyl (C=O) groups is 1. The van der Waals surface area contributed by atoms with E-state index in [1.807, 2.05) is 12.1 Å². The molecule has 3 aromatic rings. The van der Waals surface area contributed by atoms with Gasteiger partial charge in [0.25, 0.3) is 5.91 Å². The topological polar surface area (TPSA) is 62.2 Å². The Kier molecular flexibility index (Phi) is 4.90. The standard InChI is InChI=1S/C19H15F3N2O2/c20-19(21,22)14-6-3-5-13(10-14)16(25)11-24-18(26)17-15-7-2-1-4-12(15)8-9-23-17/h1-10,16,25H,11H2,(H,24,26). The minimum Gasteiger partial charge on any atom is -0.387 e. The van der Waals surface area contributed by atoms with Crippen LogP contribution < -0.4 is 5.32 Å². The number of hydrogen-bond donors (Lipinski definition) is 2. The number of aliphatic hydroxyl groups excluding tert-OH is 1. The molecular formula is C19H15F3N2O2. The number of fused-ring (bicyclic) bond motifs is 1. The molecule has 1 heterocycles. The zero-order valence-corrected chi connectivity index (χ0v) is 13.5. The maximum Gasteiger partial charge on any atom is 0.416 e. The van der Waals surface area contributed by atoms with Crippen molar-refractivity contribution in [2.75, 3.05) is 6.54 Å². The molecule has 0 aliphatic carbocycles. The third-order valence-electron chi connectivity index (χ3n) is 3.94. The second kappa shape index (κ2) is 7.13. The molecular weight excluding hydrogens is 345 g/mol. The molecule has 2 N–H and O–H groups in total. The Morgan fingerprint density at radius 3 is 2.65 bits per heavy atom. The second-order valence-electron chi connectivity index (χ2n) is 5.73. The van der Waals surface area contributed by atoms with Gasteiger partial charge >= 0.3 is 6.18 Å². The summed E-state index contributed by atoms with van der Waals surface area (Å²) in [6.45, 7) is -0.231. The van der Waals surface area contributed by atoms with Crippen LogP contribution in [0, 0.1) is 0 Å². The van der Waals surface area contributed by atoms with E-state index in [4.69, 9.17) is 0 Å². The van der Waals surface area contributed by atoms with Gasteiger partial charge in [0.2, 0.25) is 0 Å². The highest BCUT2D eigenvalue weighted by molar-refractivity contribution is 6.05. The van der Waals surface area contributed by atoms with E-state index < -0.39 is 23.8 Å². The molecule has 0 bridgehead atoms. The Bertz CT molecular complexity index is 936. The SMILES string of the molecule is O=C(NCC(O)c1cccc(C(F)(F)F)c1)c1nccc2ccccc12. The molecule has 1 unspecified atom stereocenters. The summed E-state index contributed by atoms with van der Waals surface area (Å²) < 4.78 is 38.3. The lowest BCUT2D eigenvalue weighted by Crippen LogP contribution is -2.29. The van der Waals surface area contributed by atoms with Crippen molar-refractivity contribution >= 4 is 16.7 Å². The van der Waals surface area contributed by atoms with Crippen molar-refractivity contribution in [2.45, 2.75) is 12.3 Å². The Balaban J connectivity index is 1.73. The van der Waals surface area contributed by atoms with Crippen LogP contribution in [0.3, 0.4) is 0 Å². The van der Waals surface area contributed by atoms with Crippen molar-refractivity contribution in [3.8, 4) is 0 Å². The molecule has 0 saturated heterocycles. The molecule has 1 atom stereocenters. The normalized spacial score (nSPS) is 12.8. The molecule has 7 heteroatoms. The summed E-state index contributed by atoms with van der Waals surface area (Å²) in [5.41, 5.74) is -0.582. The molecule has 134 valence electrons. The monoisotopic (exact) mass is 360 g/mol. The summed E-state index contributed by atoms with van der Waals surface area (Å²) in [4.78, 5) is 16.4. The van der Waals surface area contributed by atoms with Crippen molar-refractivity contribution in [3.63, 3.8) is 0 Å². The number of aliphatic hydroxyl groups is 1. The van der Waals surface area contributed by atoms with Crippen LogP contribution in [0.2, 0.25) is 0 Å². The van der Waals surface area contributed by atoms with Crippen LogP contribution in [0.25, 0.3) is 10.8 Å². The number of amides is 1. The number of nitrogens with one attached hydrogen (secondary N) is 1. The number of alkyl halides is 3. The second-order valence-corrected chi connectivity index (χ2v) is 5.73. The van der Waals surface area contributed by atoms with E-state index in [0.717, 1.165) is 17.5 Å². The van der Waals surface area contributed by atoms with Crippen LogP contribution in [0.4, 0.5) is 13.2 Å². The van der Waals surface area contributed by atoms with Crippen molar-refractivity contribution in [2.24, 2.45) is 0 Å². The van der Waals surface area contributed by atoms with E-state index >= 15 is 0 Å². The van der Waals surface area contributed by atoms with Gasteiger partial charge in [-0.1, -0.05) is 36.4 Å². The number of halogens is 3. The van der Waals surface area contributed by atoms with Crippen LogP contribution in [0.15, 0.2) is 60.8 Å². The molecule has 0 fully saturated rings. The Hall–Kier alpha value is -2.93. The van der Waals surface area contributed by atoms with Gasteiger partial charge in [-0.3, -0.25) is 9.78 Å². The maximum atomic E-state index is 12.8. The fourth-order valence-electron chi connectivity index (χ4n) is 2.61. The molecule has 4 nitrogen and oxygen atoms in total. The molecule has 26 heavy (non-hydrogen) atoms. The van der Waals surface area contributed by atoms with Crippen molar-refractivity contribution in [3.05, 3.63) is 77.6 Å². The van der Waals surface area contributed by atoms with Crippen LogP contribution >= 0.6 is 0 Å². The van der Waals surface area contributed by atoms with E-state index in [1.54, 1.807) is 18.2 Å². The minimum atomic E-state index is -4.49. The summed E-state index contributed by atoms with van der Waals surface area (Å²) in [6.07, 6.45) is -4.26. The van der Waals surface area contributed by atoms with Crippen LogP contribution in [-0.4, -0.2) is 22.5 Å². The Morgan fingerprint density at radius 1 is 1.12 bits per heavy atom. The Morgan fingerprint density at radius 2 is 1.88 bits per heavy atom. The third kappa shape index (κ3) is 3.83. The highest BCUT2D eigenvalue weighted by Gasteiger charge is 2.30. The molecule has 0 radical (unpaired) electrons. The first-order valence-electron chi connectivity index (χ1n) is 7.83. The minimum absolute atomic E-state index is 0.0750. The summed E-state index contributed by atoms with van der Waals surface area (Å²) >= 11 is 0. The Labute approximate surface area is 147 Å². The number of rotatable bonds is 4. The smallest absolute Gasteiger partial charge is 0.387 e. The zero-order valence-electron chi connectivity index (χ0n) is 13.5. The fraction of sp³-hybridized carbons (Fsp3) is 0.158. The predicted molar refractivity (Wildman–Crippen MR) is 90.5 cm³/mol. The average Bonchev–Trinajstić information content (AvgIpc) is 2.64. The van der Waals surface area contributed by atoms with E-state index in [0.29, 0.717) is 5.39 Å². The number of carbonyl (C=O) groups excluding carboxylic acids is 1. The van der Waals surface area contributed by atoms with E-state index in [2.05, 4.69) is 10.3 Å². The number of aromatic nitrogens is 1. The summed E-state index contributed by atoms with van der Waals surface area (Å²) in [7, 11) is 0. The van der Waals surface area contributed by atoms with Gasteiger partial charge in [0.1, 0.15) is 5.69 Å². The van der Waals surface area contributed by atoms with Gasteiger partial charge in [-0.25, -0.2) is 0 Å². The van der Waals surface area contributed by atoms with E-state index in [-0.39, 0.29) is 17.8 Å². The predicted octanol–water partition coefficient (Wildman–Crippen LogP) is 3.72. The third-order valence-corrected chi connectivity index (χ3v) is 3.94. The van der Waals surface area contributed by atoms with Crippen LogP contribution in [-0.2, 0) is 6.18 Å². The van der Waals surface area contributed by atoms with Crippen LogP contribution in [0.5, 0.6) is 0 Å². The van der Waals surface area contributed by atoms with Crippen molar-refractivity contribution < 1.29 is 23.1 Å². The molecule has 1 aromatic heterocycles. The van der Waals surface area contributed by atoms with E-state index in [1.165, 1.54) is 18.3 Å². The molecule has 0 aliphatic heterocycles. The maximum absolute atomic E-state index is 12.8. The first-order valence-corrected chi connectivity index (χ1v) is 7.83. The molecule has 0 saturated carbocycles. The van der Waals surface area contributed by atoms with Gasteiger partial charge in [-0.15, -0.1) is 0 Å². The molecule has 0 spiro atoms. The molecule has 3 rings (SSSR count). The van der Waals surface area contributed by atoms with E-state index in [9.17, 15) is 23.1 Å². The average molecular weight is 360 g/mol. The number of pyridine rings is 1.